The minimum Gasteiger partial charge on any atom is -0.377 e. The fraction of sp³-hybridized carbons (Fsp3) is 0.875. The molecule has 1 aromatic rings. The largest absolute Gasteiger partial charge is 0.377 e. The molecule has 6 nitrogen and oxygen atoms in total. The predicted octanol–water partition coefficient (Wildman–Crippen LogP) is 1.57. The van der Waals surface area contributed by atoms with Crippen molar-refractivity contribution in [2.75, 3.05) is 32.8 Å². The maximum atomic E-state index is 6.13. The number of ether oxygens (including phenoxy) is 2. The van der Waals surface area contributed by atoms with Crippen molar-refractivity contribution in [2.24, 2.45) is 5.92 Å². The maximum absolute atomic E-state index is 6.13. The molecular formula is C16H28N4O2. The van der Waals surface area contributed by atoms with Gasteiger partial charge in [-0.25, -0.2) is 4.98 Å². The molecule has 3 atom stereocenters. The van der Waals surface area contributed by atoms with Gasteiger partial charge in [-0.2, -0.15) is 5.10 Å². The zero-order chi connectivity index (χ0) is 15.2. The third-order valence-electron chi connectivity index (χ3n) is 4.85. The van der Waals surface area contributed by atoms with Crippen LogP contribution in [0.3, 0.4) is 0 Å². The van der Waals surface area contributed by atoms with Crippen LogP contribution in [0.25, 0.3) is 0 Å². The highest BCUT2D eigenvalue weighted by atomic mass is 16.5. The highest BCUT2D eigenvalue weighted by Gasteiger charge is 2.23. The summed E-state index contributed by atoms with van der Waals surface area (Å²) in [6, 6.07) is 0. The van der Waals surface area contributed by atoms with Crippen LogP contribution in [-0.4, -0.2) is 64.7 Å². The average molecular weight is 308 g/mol. The molecule has 124 valence electrons. The van der Waals surface area contributed by atoms with Crippen LogP contribution < -0.4 is 0 Å². The van der Waals surface area contributed by atoms with Crippen molar-refractivity contribution in [1.82, 2.24) is 19.7 Å². The first-order chi connectivity index (χ1) is 10.8. The van der Waals surface area contributed by atoms with Gasteiger partial charge in [-0.15, -0.1) is 0 Å². The average Bonchev–Trinajstić information content (AvgIpc) is 3.03. The molecule has 2 heterocycles. The SMILES string of the molecule is C[C@@H]1CCCC[C@@H]1OCCN1CCO[C@H](Cn2cncn2)C1. The second-order valence-corrected chi connectivity index (χ2v) is 6.58. The van der Waals surface area contributed by atoms with E-state index in [1.54, 1.807) is 12.7 Å². The molecule has 0 bridgehead atoms. The van der Waals surface area contributed by atoms with E-state index >= 15 is 0 Å². The van der Waals surface area contributed by atoms with E-state index in [9.17, 15) is 0 Å². The van der Waals surface area contributed by atoms with Gasteiger partial charge in [0.25, 0.3) is 0 Å². The summed E-state index contributed by atoms with van der Waals surface area (Å²) in [5, 5.41) is 4.15. The molecule has 1 saturated heterocycles. The molecule has 22 heavy (non-hydrogen) atoms. The predicted molar refractivity (Wildman–Crippen MR) is 83.6 cm³/mol. The third-order valence-corrected chi connectivity index (χ3v) is 4.85. The summed E-state index contributed by atoms with van der Waals surface area (Å²) in [5.41, 5.74) is 0. The van der Waals surface area contributed by atoms with Gasteiger partial charge >= 0.3 is 0 Å². The van der Waals surface area contributed by atoms with Gasteiger partial charge in [0.1, 0.15) is 12.7 Å². The van der Waals surface area contributed by atoms with Crippen LogP contribution >= 0.6 is 0 Å². The summed E-state index contributed by atoms with van der Waals surface area (Å²) in [6.07, 6.45) is 9.24. The number of morpholine rings is 1. The molecule has 1 aliphatic heterocycles. The maximum Gasteiger partial charge on any atom is 0.137 e. The van der Waals surface area contributed by atoms with Gasteiger partial charge in [-0.3, -0.25) is 9.58 Å². The molecule has 3 rings (SSSR count). The number of rotatable bonds is 6. The normalized spacial score (nSPS) is 30.5. The van der Waals surface area contributed by atoms with E-state index in [0.717, 1.165) is 45.3 Å². The van der Waals surface area contributed by atoms with Crippen molar-refractivity contribution in [2.45, 2.75) is 51.4 Å². The van der Waals surface area contributed by atoms with E-state index in [4.69, 9.17) is 9.47 Å². The molecule has 1 aromatic heterocycles. The molecule has 0 aromatic carbocycles. The van der Waals surface area contributed by atoms with E-state index in [0.29, 0.717) is 6.10 Å². The Kier molecular flexibility index (Phi) is 5.81. The van der Waals surface area contributed by atoms with E-state index in [1.807, 2.05) is 4.68 Å². The molecule has 0 unspecified atom stereocenters. The Morgan fingerprint density at radius 3 is 3.05 bits per heavy atom. The lowest BCUT2D eigenvalue weighted by atomic mass is 9.88. The highest BCUT2D eigenvalue weighted by Crippen LogP contribution is 2.26. The standard InChI is InChI=1S/C16H28N4O2/c1-14-4-2-3-5-16(14)22-9-7-19-6-8-21-15(10-19)11-20-13-17-12-18-20/h12-16H,2-11H2,1H3/t14-,15+,16+/m1/s1. The topological polar surface area (TPSA) is 52.4 Å². The van der Waals surface area contributed by atoms with Crippen LogP contribution in [0.5, 0.6) is 0 Å². The zero-order valence-electron chi connectivity index (χ0n) is 13.6. The van der Waals surface area contributed by atoms with E-state index in [-0.39, 0.29) is 6.10 Å². The molecule has 1 aliphatic carbocycles. The Labute approximate surface area is 132 Å². The number of hydrogen-bond acceptors (Lipinski definition) is 5. The van der Waals surface area contributed by atoms with Crippen LogP contribution in [0.1, 0.15) is 32.6 Å². The summed E-state index contributed by atoms with van der Waals surface area (Å²) in [6.45, 7) is 7.68. The Balaban J connectivity index is 1.37. The number of nitrogens with zero attached hydrogens (tertiary/aromatic N) is 4. The Bertz CT molecular complexity index is 426. The van der Waals surface area contributed by atoms with Crippen LogP contribution in [-0.2, 0) is 16.0 Å². The molecule has 6 heteroatoms. The molecule has 0 amide bonds. The van der Waals surface area contributed by atoms with E-state index in [1.165, 1.54) is 25.7 Å². The van der Waals surface area contributed by atoms with Gasteiger partial charge in [0.2, 0.25) is 0 Å². The summed E-state index contributed by atoms with van der Waals surface area (Å²) in [7, 11) is 0. The number of hydrogen-bond donors (Lipinski definition) is 0. The van der Waals surface area contributed by atoms with Crippen LogP contribution in [0.15, 0.2) is 12.7 Å². The van der Waals surface area contributed by atoms with Gasteiger partial charge in [0.15, 0.2) is 0 Å². The Morgan fingerprint density at radius 1 is 1.32 bits per heavy atom. The van der Waals surface area contributed by atoms with Crippen molar-refractivity contribution in [1.29, 1.82) is 0 Å². The second-order valence-electron chi connectivity index (χ2n) is 6.58. The Morgan fingerprint density at radius 2 is 2.23 bits per heavy atom. The van der Waals surface area contributed by atoms with Crippen molar-refractivity contribution in [3.8, 4) is 0 Å². The lowest BCUT2D eigenvalue weighted by Crippen LogP contribution is -2.45. The van der Waals surface area contributed by atoms with Crippen LogP contribution in [0.2, 0.25) is 0 Å². The third kappa shape index (κ3) is 4.51. The summed E-state index contributed by atoms with van der Waals surface area (Å²) >= 11 is 0. The quantitative estimate of drug-likeness (QED) is 0.798. The minimum atomic E-state index is 0.198. The monoisotopic (exact) mass is 308 g/mol. The first-order valence-electron chi connectivity index (χ1n) is 8.59. The summed E-state index contributed by atoms with van der Waals surface area (Å²) in [5.74, 6) is 0.721. The van der Waals surface area contributed by atoms with Crippen molar-refractivity contribution < 1.29 is 9.47 Å². The molecule has 0 spiro atoms. The Hall–Kier alpha value is -0.980. The van der Waals surface area contributed by atoms with Gasteiger partial charge in [-0.05, 0) is 18.8 Å². The second kappa shape index (κ2) is 8.04. The fourth-order valence-corrected chi connectivity index (χ4v) is 3.49. The van der Waals surface area contributed by atoms with Gasteiger partial charge in [0, 0.05) is 19.6 Å². The minimum absolute atomic E-state index is 0.198. The van der Waals surface area contributed by atoms with Crippen LogP contribution in [0, 0.1) is 5.92 Å². The molecular weight excluding hydrogens is 280 g/mol. The molecule has 0 radical (unpaired) electrons. The summed E-state index contributed by atoms with van der Waals surface area (Å²) < 4.78 is 13.8. The van der Waals surface area contributed by atoms with Gasteiger partial charge in [-0.1, -0.05) is 19.8 Å². The van der Waals surface area contributed by atoms with E-state index in [2.05, 4.69) is 21.9 Å². The lowest BCUT2D eigenvalue weighted by molar-refractivity contribution is -0.0577. The lowest BCUT2D eigenvalue weighted by Gasteiger charge is -2.34. The zero-order valence-corrected chi connectivity index (χ0v) is 13.6. The van der Waals surface area contributed by atoms with Gasteiger partial charge in [0.05, 0.1) is 32.0 Å². The van der Waals surface area contributed by atoms with Crippen molar-refractivity contribution in [3.63, 3.8) is 0 Å². The molecule has 0 N–H and O–H groups in total. The van der Waals surface area contributed by atoms with Gasteiger partial charge < -0.3 is 9.47 Å². The van der Waals surface area contributed by atoms with Crippen molar-refractivity contribution in [3.05, 3.63) is 12.7 Å². The molecule has 2 aliphatic rings. The fourth-order valence-electron chi connectivity index (χ4n) is 3.49. The molecule has 1 saturated carbocycles. The summed E-state index contributed by atoms with van der Waals surface area (Å²) in [4.78, 5) is 6.42. The number of aromatic nitrogens is 3. The highest BCUT2D eigenvalue weighted by molar-refractivity contribution is 4.75. The first-order valence-corrected chi connectivity index (χ1v) is 8.59. The molecule has 2 fully saturated rings. The van der Waals surface area contributed by atoms with Crippen molar-refractivity contribution >= 4 is 0 Å². The van der Waals surface area contributed by atoms with E-state index < -0.39 is 0 Å². The smallest absolute Gasteiger partial charge is 0.137 e. The van der Waals surface area contributed by atoms with Crippen LogP contribution in [0.4, 0.5) is 0 Å². The first kappa shape index (κ1) is 15.9.